The molecule has 0 bridgehead atoms. The number of nitrogens with one attached hydrogen (secondary N) is 1. The molecule has 0 radical (unpaired) electrons. The molecule has 2 aromatic carbocycles. The highest BCUT2D eigenvalue weighted by Gasteiger charge is 2.34. The molecule has 0 spiro atoms. The van der Waals surface area contributed by atoms with Gasteiger partial charge in [-0.25, -0.2) is 0 Å². The number of benzene rings is 2. The number of primary amides is 1. The topological polar surface area (TPSA) is 102 Å². The van der Waals surface area contributed by atoms with Crippen molar-refractivity contribution in [1.29, 1.82) is 0 Å². The van der Waals surface area contributed by atoms with Gasteiger partial charge in [-0.1, -0.05) is 29.3 Å². The van der Waals surface area contributed by atoms with Crippen LogP contribution in [0.2, 0.25) is 10.0 Å². The number of rotatable bonds is 5. The molecule has 148 valence electrons. The highest BCUT2D eigenvalue weighted by atomic mass is 35.5. The predicted molar refractivity (Wildman–Crippen MR) is 114 cm³/mol. The van der Waals surface area contributed by atoms with Gasteiger partial charge in [-0.15, -0.1) is 0 Å². The number of hydrogen-bond acceptors (Lipinski definition) is 5. The first kappa shape index (κ1) is 20.8. The Morgan fingerprint density at radius 1 is 1.17 bits per heavy atom. The van der Waals surface area contributed by atoms with Crippen LogP contribution in [0.5, 0.6) is 5.75 Å². The Balaban J connectivity index is 1.91. The highest BCUT2D eigenvalue weighted by Crippen LogP contribution is 2.28. The molecule has 0 atom stereocenters. The number of hydrogen-bond donors (Lipinski definition) is 2. The fourth-order valence-electron chi connectivity index (χ4n) is 2.52. The summed E-state index contributed by atoms with van der Waals surface area (Å²) in [7, 11) is 0. The Morgan fingerprint density at radius 2 is 1.86 bits per heavy atom. The van der Waals surface area contributed by atoms with Crippen molar-refractivity contribution >= 4 is 70.0 Å². The first-order valence-corrected chi connectivity index (χ1v) is 9.30. The Bertz CT molecular complexity index is 1050. The number of nitrogens with two attached hydrogens (primary N) is 1. The van der Waals surface area contributed by atoms with Crippen molar-refractivity contribution in [2.45, 2.75) is 0 Å². The molecule has 0 aromatic heterocycles. The zero-order valence-corrected chi connectivity index (χ0v) is 17.0. The SMILES string of the molecule is NC(=O)COc1ccc(C=C2C(=O)NC(=S)N(c3ccc(Cl)cc3)C2=O)cc1Cl. The molecule has 1 fully saturated rings. The average molecular weight is 450 g/mol. The third kappa shape index (κ3) is 4.73. The molecular weight excluding hydrogens is 437 g/mol. The minimum absolute atomic E-state index is 0.0345. The lowest BCUT2D eigenvalue weighted by Crippen LogP contribution is -2.54. The van der Waals surface area contributed by atoms with E-state index in [4.69, 9.17) is 45.9 Å². The van der Waals surface area contributed by atoms with E-state index < -0.39 is 17.7 Å². The van der Waals surface area contributed by atoms with Crippen molar-refractivity contribution in [2.75, 3.05) is 11.5 Å². The van der Waals surface area contributed by atoms with Gasteiger partial charge in [0.05, 0.1) is 10.7 Å². The number of thiocarbonyl (C=S) groups is 1. The standard InChI is InChI=1S/C19H13Cl2N3O4S/c20-11-2-4-12(5-3-11)24-18(27)13(17(26)23-19(24)29)7-10-1-6-15(14(21)8-10)28-9-16(22)25/h1-8H,9H2,(H2,22,25)(H,23,26,29). The van der Waals surface area contributed by atoms with E-state index in [1.165, 1.54) is 23.1 Å². The van der Waals surface area contributed by atoms with Crippen molar-refractivity contribution in [3.05, 3.63) is 63.6 Å². The molecule has 7 nitrogen and oxygen atoms in total. The summed E-state index contributed by atoms with van der Waals surface area (Å²) in [6.07, 6.45) is 1.38. The van der Waals surface area contributed by atoms with E-state index in [9.17, 15) is 14.4 Å². The normalized spacial score (nSPS) is 15.4. The predicted octanol–water partition coefficient (Wildman–Crippen LogP) is 2.69. The van der Waals surface area contributed by atoms with Crippen molar-refractivity contribution < 1.29 is 19.1 Å². The number of carbonyl (C=O) groups excluding carboxylic acids is 3. The van der Waals surface area contributed by atoms with Crippen LogP contribution >= 0.6 is 35.4 Å². The van der Waals surface area contributed by atoms with Gasteiger partial charge in [0, 0.05) is 5.02 Å². The zero-order valence-electron chi connectivity index (χ0n) is 14.6. The molecule has 2 aromatic rings. The third-order valence-electron chi connectivity index (χ3n) is 3.82. The maximum atomic E-state index is 12.9. The van der Waals surface area contributed by atoms with Gasteiger partial charge in [-0.05, 0) is 60.3 Å². The van der Waals surface area contributed by atoms with Crippen molar-refractivity contribution in [1.82, 2.24) is 5.32 Å². The van der Waals surface area contributed by atoms with Crippen LogP contribution in [0.25, 0.3) is 6.08 Å². The fraction of sp³-hybridized carbons (Fsp3) is 0.0526. The van der Waals surface area contributed by atoms with Crippen LogP contribution in [0, 0.1) is 0 Å². The summed E-state index contributed by atoms with van der Waals surface area (Å²) in [4.78, 5) is 37.3. The Labute approximate surface area is 181 Å². The van der Waals surface area contributed by atoms with Crippen LogP contribution in [0.1, 0.15) is 5.56 Å². The van der Waals surface area contributed by atoms with Gasteiger partial charge in [0.2, 0.25) is 0 Å². The molecule has 1 saturated heterocycles. The van der Waals surface area contributed by atoms with Crippen LogP contribution in [0.3, 0.4) is 0 Å². The quantitative estimate of drug-likeness (QED) is 0.415. The lowest BCUT2D eigenvalue weighted by Gasteiger charge is -2.29. The number of amides is 3. The first-order chi connectivity index (χ1) is 13.8. The largest absolute Gasteiger partial charge is 0.482 e. The number of carbonyl (C=O) groups is 3. The van der Waals surface area contributed by atoms with Crippen LogP contribution in [-0.2, 0) is 14.4 Å². The summed E-state index contributed by atoms with van der Waals surface area (Å²) < 4.78 is 5.17. The fourth-order valence-corrected chi connectivity index (χ4v) is 3.17. The first-order valence-electron chi connectivity index (χ1n) is 8.14. The van der Waals surface area contributed by atoms with E-state index in [0.717, 1.165) is 0 Å². The average Bonchev–Trinajstić information content (AvgIpc) is 2.65. The summed E-state index contributed by atoms with van der Waals surface area (Å²) in [6, 6.07) is 11.0. The maximum Gasteiger partial charge on any atom is 0.270 e. The lowest BCUT2D eigenvalue weighted by atomic mass is 10.1. The number of halogens is 2. The van der Waals surface area contributed by atoms with E-state index in [2.05, 4.69) is 5.32 Å². The molecule has 29 heavy (non-hydrogen) atoms. The zero-order chi connectivity index (χ0) is 21.1. The third-order valence-corrected chi connectivity index (χ3v) is 4.66. The van der Waals surface area contributed by atoms with Gasteiger partial charge in [0.25, 0.3) is 17.7 Å². The molecule has 1 heterocycles. The Morgan fingerprint density at radius 3 is 2.48 bits per heavy atom. The van der Waals surface area contributed by atoms with Crippen LogP contribution in [0.15, 0.2) is 48.0 Å². The molecule has 1 aliphatic rings. The molecule has 10 heteroatoms. The Hall–Kier alpha value is -2.94. The van der Waals surface area contributed by atoms with Gasteiger partial charge in [-0.2, -0.15) is 0 Å². The molecule has 0 aliphatic carbocycles. The second-order valence-corrected chi connectivity index (χ2v) is 7.11. The molecule has 0 unspecified atom stereocenters. The molecule has 3 amide bonds. The van der Waals surface area contributed by atoms with Gasteiger partial charge in [0.1, 0.15) is 11.3 Å². The van der Waals surface area contributed by atoms with Crippen molar-refractivity contribution in [2.24, 2.45) is 5.73 Å². The van der Waals surface area contributed by atoms with Crippen LogP contribution in [0.4, 0.5) is 5.69 Å². The van der Waals surface area contributed by atoms with Gasteiger partial charge < -0.3 is 10.5 Å². The van der Waals surface area contributed by atoms with Gasteiger partial charge >= 0.3 is 0 Å². The second-order valence-electron chi connectivity index (χ2n) is 5.88. The van der Waals surface area contributed by atoms with Crippen LogP contribution < -0.4 is 20.7 Å². The summed E-state index contributed by atoms with van der Waals surface area (Å²) >= 11 is 17.2. The smallest absolute Gasteiger partial charge is 0.270 e. The highest BCUT2D eigenvalue weighted by molar-refractivity contribution is 7.80. The lowest BCUT2D eigenvalue weighted by molar-refractivity contribution is -0.122. The number of anilines is 1. The number of nitrogens with zero attached hydrogens (tertiary/aromatic N) is 1. The molecule has 3 rings (SSSR count). The summed E-state index contributed by atoms with van der Waals surface area (Å²) in [6.45, 7) is -0.325. The van der Waals surface area contributed by atoms with E-state index >= 15 is 0 Å². The van der Waals surface area contributed by atoms with Gasteiger partial charge in [0.15, 0.2) is 11.7 Å². The maximum absolute atomic E-state index is 12.9. The molecule has 0 saturated carbocycles. The minimum atomic E-state index is -0.644. The Kier molecular flexibility index (Phi) is 6.17. The number of ether oxygens (including phenoxy) is 1. The molecule has 3 N–H and O–H groups in total. The van der Waals surface area contributed by atoms with Gasteiger partial charge in [-0.3, -0.25) is 24.6 Å². The van der Waals surface area contributed by atoms with Crippen molar-refractivity contribution in [3.8, 4) is 5.75 Å². The van der Waals surface area contributed by atoms with E-state index in [1.54, 1.807) is 30.3 Å². The van der Waals surface area contributed by atoms with Crippen LogP contribution in [-0.4, -0.2) is 29.4 Å². The summed E-state index contributed by atoms with van der Waals surface area (Å²) in [5.41, 5.74) is 5.84. The second kappa shape index (κ2) is 8.60. The van der Waals surface area contributed by atoms with E-state index in [0.29, 0.717) is 16.3 Å². The minimum Gasteiger partial charge on any atom is -0.482 e. The van der Waals surface area contributed by atoms with E-state index in [1.807, 2.05) is 0 Å². The summed E-state index contributed by atoms with van der Waals surface area (Å²) in [5.74, 6) is -1.62. The summed E-state index contributed by atoms with van der Waals surface area (Å²) in [5, 5.41) is 3.14. The monoisotopic (exact) mass is 449 g/mol. The van der Waals surface area contributed by atoms with E-state index in [-0.39, 0.29) is 28.1 Å². The molecular formula is C19H13Cl2N3O4S. The van der Waals surface area contributed by atoms with Crippen molar-refractivity contribution in [3.63, 3.8) is 0 Å². The molecule has 1 aliphatic heterocycles.